The molecule has 2 heterocycles. The van der Waals surface area contributed by atoms with Gasteiger partial charge in [-0.3, -0.25) is 14.5 Å². The second-order valence-electron chi connectivity index (χ2n) is 10.8. The Morgan fingerprint density at radius 3 is 2.48 bits per heavy atom. The molecule has 0 unspecified atom stereocenters. The summed E-state index contributed by atoms with van der Waals surface area (Å²) in [5.41, 5.74) is 10.6. The first kappa shape index (κ1) is 30.9. The fraction of sp³-hybridized carbons (Fsp3) is 0.438. The molecule has 0 aliphatic carbocycles. The lowest BCUT2D eigenvalue weighted by molar-refractivity contribution is -0.136. The van der Waals surface area contributed by atoms with Crippen LogP contribution in [0.2, 0.25) is 0 Å². The summed E-state index contributed by atoms with van der Waals surface area (Å²) in [4.78, 5) is 37.9. The lowest BCUT2D eigenvalue weighted by Gasteiger charge is -2.26. The lowest BCUT2D eigenvalue weighted by Crippen LogP contribution is -2.40. The second-order valence-corrected chi connectivity index (χ2v) is 10.8. The molecule has 0 spiro atoms. The van der Waals surface area contributed by atoms with Crippen LogP contribution in [0, 0.1) is 0 Å². The number of ether oxygens (including phenoxy) is 1. The summed E-state index contributed by atoms with van der Waals surface area (Å²) >= 11 is 0. The number of rotatable bonds is 16. The van der Waals surface area contributed by atoms with E-state index >= 15 is 0 Å². The number of carbonyl (C=O) groups excluding carboxylic acids is 1. The largest absolute Gasteiger partial charge is 0.481 e. The van der Waals surface area contributed by atoms with E-state index < -0.39 is 5.97 Å². The van der Waals surface area contributed by atoms with E-state index in [0.29, 0.717) is 38.6 Å². The van der Waals surface area contributed by atoms with E-state index in [-0.39, 0.29) is 18.9 Å². The van der Waals surface area contributed by atoms with Gasteiger partial charge in [0.25, 0.3) is 0 Å². The number of aromatic nitrogens is 3. The number of carboxylic acid groups (broad SMARTS) is 1. The van der Waals surface area contributed by atoms with Crippen LogP contribution in [0.1, 0.15) is 43.1 Å². The Morgan fingerprint density at radius 2 is 1.76 bits per heavy atom. The first-order chi connectivity index (χ1) is 20.3. The summed E-state index contributed by atoms with van der Waals surface area (Å²) in [5.74, 6) is 0.587. The molecule has 42 heavy (non-hydrogen) atoms. The van der Waals surface area contributed by atoms with Crippen molar-refractivity contribution in [3.05, 3.63) is 65.5 Å². The summed E-state index contributed by atoms with van der Waals surface area (Å²) in [6.45, 7) is 5.34. The monoisotopic (exact) mass is 574 g/mol. The third-order valence-electron chi connectivity index (χ3n) is 7.44. The number of benzene rings is 2. The lowest BCUT2D eigenvalue weighted by atomic mass is 10.1. The van der Waals surface area contributed by atoms with Crippen LogP contribution in [-0.2, 0) is 40.3 Å². The minimum atomic E-state index is -0.866. The summed E-state index contributed by atoms with van der Waals surface area (Å²) < 4.78 is 7.44. The second kappa shape index (κ2) is 14.7. The molecule has 3 N–H and O–H groups in total. The van der Waals surface area contributed by atoms with Crippen molar-refractivity contribution in [3.8, 4) is 0 Å². The van der Waals surface area contributed by atoms with Crippen LogP contribution < -0.4 is 5.73 Å². The predicted molar refractivity (Wildman–Crippen MR) is 165 cm³/mol. The molecule has 0 aliphatic heterocycles. The van der Waals surface area contributed by atoms with Gasteiger partial charge in [0.2, 0.25) is 5.91 Å². The van der Waals surface area contributed by atoms with Crippen molar-refractivity contribution >= 4 is 39.6 Å². The molecule has 0 atom stereocenters. The molecule has 4 rings (SSSR count). The molecule has 2 aromatic carbocycles. The number of nitrogens with two attached hydrogens (primary N) is 1. The van der Waals surface area contributed by atoms with E-state index in [0.717, 1.165) is 64.6 Å². The molecule has 0 radical (unpaired) electrons. The summed E-state index contributed by atoms with van der Waals surface area (Å²) in [6, 6.07) is 15.4. The number of imidazole rings is 1. The van der Waals surface area contributed by atoms with Crippen LogP contribution in [0.25, 0.3) is 21.9 Å². The van der Waals surface area contributed by atoms with Gasteiger partial charge in [0, 0.05) is 45.1 Å². The molecule has 4 aromatic rings. The normalized spacial score (nSPS) is 11.5. The number of aliphatic carboxylic acids is 1. The number of hydrogen-bond donors (Lipinski definition) is 2. The Balaban J connectivity index is 1.57. The molecule has 0 saturated carbocycles. The molecule has 0 bridgehead atoms. The van der Waals surface area contributed by atoms with E-state index in [1.807, 2.05) is 59.3 Å². The highest BCUT2D eigenvalue weighted by Crippen LogP contribution is 2.29. The van der Waals surface area contributed by atoms with Crippen molar-refractivity contribution in [1.82, 2.24) is 24.3 Å². The maximum Gasteiger partial charge on any atom is 0.307 e. The van der Waals surface area contributed by atoms with Gasteiger partial charge in [-0.05, 0) is 37.1 Å². The topological polar surface area (TPSA) is 127 Å². The Morgan fingerprint density at radius 1 is 1.02 bits per heavy atom. The average Bonchev–Trinajstić information content (AvgIpc) is 3.34. The predicted octanol–water partition coefficient (Wildman–Crippen LogP) is 4.13. The third-order valence-corrected chi connectivity index (χ3v) is 7.44. The Kier molecular flexibility index (Phi) is 10.9. The first-order valence-electron chi connectivity index (χ1n) is 14.6. The molecule has 0 saturated heterocycles. The van der Waals surface area contributed by atoms with Crippen molar-refractivity contribution in [1.29, 1.82) is 0 Å². The van der Waals surface area contributed by atoms with E-state index in [2.05, 4.69) is 22.5 Å². The molecular weight excluding hydrogens is 532 g/mol. The maximum absolute atomic E-state index is 13.5. The van der Waals surface area contributed by atoms with Crippen molar-refractivity contribution < 1.29 is 19.4 Å². The van der Waals surface area contributed by atoms with Crippen LogP contribution in [0.3, 0.4) is 0 Å². The van der Waals surface area contributed by atoms with Crippen molar-refractivity contribution in [2.75, 3.05) is 46.1 Å². The number of nitrogens with zero attached hydrogens (tertiary/aromatic N) is 5. The first-order valence-corrected chi connectivity index (χ1v) is 14.6. The molecular formula is C32H42N6O4. The number of hydrogen-bond acceptors (Lipinski definition) is 7. The number of carboxylic acids is 1. The Labute approximate surface area is 247 Å². The van der Waals surface area contributed by atoms with Gasteiger partial charge in [-0.1, -0.05) is 55.8 Å². The van der Waals surface area contributed by atoms with E-state index in [9.17, 15) is 9.59 Å². The minimum Gasteiger partial charge on any atom is -0.481 e. The molecule has 0 aliphatic rings. The molecule has 224 valence electrons. The third kappa shape index (κ3) is 7.83. The highest BCUT2D eigenvalue weighted by Gasteiger charge is 2.19. The highest BCUT2D eigenvalue weighted by atomic mass is 16.5. The number of pyridine rings is 1. The quantitative estimate of drug-likeness (QED) is 0.205. The van der Waals surface area contributed by atoms with Crippen LogP contribution in [0.5, 0.6) is 0 Å². The minimum absolute atomic E-state index is 0.0266. The number of nitrogen functional groups attached to an aromatic ring is 1. The van der Waals surface area contributed by atoms with Gasteiger partial charge in [0.1, 0.15) is 11.3 Å². The van der Waals surface area contributed by atoms with Crippen LogP contribution in [0.15, 0.2) is 48.5 Å². The number of para-hydroxylation sites is 1. The van der Waals surface area contributed by atoms with Gasteiger partial charge in [0.05, 0.1) is 30.6 Å². The van der Waals surface area contributed by atoms with Gasteiger partial charge in [-0.25, -0.2) is 9.97 Å². The van der Waals surface area contributed by atoms with E-state index in [1.54, 1.807) is 7.11 Å². The molecule has 10 heteroatoms. The molecule has 0 fully saturated rings. The standard InChI is InChI=1S/C32H42N6O4/c1-4-5-11-27-35-30-31(25-9-6-7-10-26(25)34-32(30)33)38(27)17-8-16-37(28(39)22-36(2)18-19-42-3)21-24-14-12-23(13-15-24)20-29(40)41/h6-7,9-10,12-15H,4-5,8,11,16-22H2,1-3H3,(H2,33,34)(H,40,41). The number of fused-ring (bicyclic) bond motifs is 3. The van der Waals surface area contributed by atoms with Gasteiger partial charge in [-0.15, -0.1) is 0 Å². The van der Waals surface area contributed by atoms with E-state index in [4.69, 9.17) is 20.6 Å². The maximum atomic E-state index is 13.5. The van der Waals surface area contributed by atoms with Crippen molar-refractivity contribution in [2.24, 2.45) is 0 Å². The number of aryl methyl sites for hydroxylation is 2. The molecule has 10 nitrogen and oxygen atoms in total. The van der Waals surface area contributed by atoms with E-state index in [1.165, 1.54) is 0 Å². The number of unbranched alkanes of at least 4 members (excludes halogenated alkanes) is 1. The van der Waals surface area contributed by atoms with Crippen LogP contribution >= 0.6 is 0 Å². The number of likely N-dealkylation sites (N-methyl/N-ethyl adjacent to an activating group) is 1. The average molecular weight is 575 g/mol. The van der Waals surface area contributed by atoms with Gasteiger partial charge in [-0.2, -0.15) is 0 Å². The highest BCUT2D eigenvalue weighted by molar-refractivity contribution is 6.06. The zero-order valence-electron chi connectivity index (χ0n) is 24.9. The molecule has 2 aromatic heterocycles. The SMILES string of the molecule is CCCCc1nc2c(N)nc3ccccc3c2n1CCCN(Cc1ccc(CC(=O)O)cc1)C(=O)CN(C)CCOC. The summed E-state index contributed by atoms with van der Waals surface area (Å²) in [5, 5.41) is 10.1. The van der Waals surface area contributed by atoms with Crippen LogP contribution in [0.4, 0.5) is 5.82 Å². The van der Waals surface area contributed by atoms with Crippen molar-refractivity contribution in [2.45, 2.75) is 52.1 Å². The van der Waals surface area contributed by atoms with Gasteiger partial charge >= 0.3 is 5.97 Å². The number of amides is 1. The Bertz CT molecular complexity index is 1500. The Hall–Kier alpha value is -4.02. The number of anilines is 1. The summed E-state index contributed by atoms with van der Waals surface area (Å²) in [6.07, 6.45) is 3.62. The van der Waals surface area contributed by atoms with Crippen molar-refractivity contribution in [3.63, 3.8) is 0 Å². The van der Waals surface area contributed by atoms with Crippen LogP contribution in [-0.4, -0.2) is 81.7 Å². The number of methoxy groups -OCH3 is 1. The number of carbonyl (C=O) groups is 2. The zero-order chi connectivity index (χ0) is 30.1. The van der Waals surface area contributed by atoms with Gasteiger partial charge in [0.15, 0.2) is 5.82 Å². The molecule has 1 amide bonds. The smallest absolute Gasteiger partial charge is 0.307 e. The fourth-order valence-electron chi connectivity index (χ4n) is 5.20. The van der Waals surface area contributed by atoms with Gasteiger partial charge < -0.3 is 25.0 Å². The summed E-state index contributed by atoms with van der Waals surface area (Å²) in [7, 11) is 3.56. The zero-order valence-corrected chi connectivity index (χ0v) is 24.9. The fourth-order valence-corrected chi connectivity index (χ4v) is 5.20.